The van der Waals surface area contributed by atoms with Crippen LogP contribution in [-0.4, -0.2) is 72.9 Å². The first-order chi connectivity index (χ1) is 9.18. The highest BCUT2D eigenvalue weighted by Crippen LogP contribution is 2.44. The van der Waals surface area contributed by atoms with E-state index < -0.39 is 6.10 Å². The maximum Gasteiger partial charge on any atom is 0.115 e. The third-order valence-electron chi connectivity index (χ3n) is 5.31. The second-order valence-corrected chi connectivity index (χ2v) is 6.36. The average Bonchev–Trinajstić information content (AvgIpc) is 2.83. The van der Waals surface area contributed by atoms with Crippen molar-refractivity contribution in [3.8, 4) is 0 Å². The van der Waals surface area contributed by atoms with Crippen LogP contribution in [0.3, 0.4) is 0 Å². The van der Waals surface area contributed by atoms with Crippen LogP contribution in [0, 0.1) is 0 Å². The van der Waals surface area contributed by atoms with E-state index in [0.29, 0.717) is 0 Å². The molecular formula is C14H21N3O2. The fourth-order valence-corrected chi connectivity index (χ4v) is 4.43. The molecule has 0 amide bonds. The Morgan fingerprint density at radius 3 is 2.47 bits per heavy atom. The molecule has 1 aromatic rings. The first-order valence-corrected chi connectivity index (χ1v) is 7.04. The van der Waals surface area contributed by atoms with Crippen molar-refractivity contribution in [3.05, 3.63) is 24.2 Å². The molecule has 0 saturated carbocycles. The third kappa shape index (κ3) is 1.44. The number of aliphatic hydroxyl groups excluding tert-OH is 1. The van der Waals surface area contributed by atoms with Gasteiger partial charge in [0.05, 0.1) is 23.3 Å². The van der Waals surface area contributed by atoms with Crippen LogP contribution in [-0.2, 0) is 5.41 Å². The maximum atomic E-state index is 11.0. The molecule has 1 aromatic heterocycles. The molecule has 0 spiro atoms. The third-order valence-corrected chi connectivity index (χ3v) is 5.31. The minimum Gasteiger partial charge on any atom is -0.469 e. The van der Waals surface area contributed by atoms with Gasteiger partial charge in [-0.3, -0.25) is 9.80 Å². The predicted molar refractivity (Wildman–Crippen MR) is 71.1 cm³/mol. The van der Waals surface area contributed by atoms with Crippen molar-refractivity contribution in [2.24, 2.45) is 0 Å². The lowest BCUT2D eigenvalue weighted by atomic mass is 9.64. The van der Waals surface area contributed by atoms with Crippen LogP contribution < -0.4 is 5.32 Å². The molecule has 4 bridgehead atoms. The minimum atomic E-state index is -0.401. The standard InChI is InChI=1S/C14H21N3O2/c1-15-14-9-16-4-5-17(10-14)8-13(7-16,12(14)18)11-3-2-6-19-11/h2-3,6,12,15,18H,4-5,7-10H2,1H3. The second-order valence-electron chi connectivity index (χ2n) is 6.36. The lowest BCUT2D eigenvalue weighted by Crippen LogP contribution is -2.78. The van der Waals surface area contributed by atoms with Crippen molar-refractivity contribution >= 4 is 0 Å². The summed E-state index contributed by atoms with van der Waals surface area (Å²) in [5, 5.41) is 14.5. The molecule has 5 heterocycles. The molecular weight excluding hydrogens is 242 g/mol. The molecule has 2 N–H and O–H groups in total. The molecule has 4 aliphatic heterocycles. The Labute approximate surface area is 113 Å². The summed E-state index contributed by atoms with van der Waals surface area (Å²) in [5.74, 6) is 0.927. The number of nitrogens with zero attached hydrogens (tertiary/aromatic N) is 2. The summed E-state index contributed by atoms with van der Waals surface area (Å²) in [6.45, 7) is 5.79. The number of nitrogens with one attached hydrogen (secondary N) is 1. The van der Waals surface area contributed by atoms with Crippen molar-refractivity contribution in [1.82, 2.24) is 15.1 Å². The van der Waals surface area contributed by atoms with Crippen LogP contribution in [0.2, 0.25) is 0 Å². The lowest BCUT2D eigenvalue weighted by molar-refractivity contribution is -0.108. The van der Waals surface area contributed by atoms with E-state index in [1.165, 1.54) is 0 Å². The molecule has 0 radical (unpaired) electrons. The van der Waals surface area contributed by atoms with E-state index in [4.69, 9.17) is 4.42 Å². The van der Waals surface area contributed by atoms with Gasteiger partial charge in [-0.2, -0.15) is 0 Å². The zero-order chi connectivity index (χ0) is 13.1. The minimum absolute atomic E-state index is 0.236. The number of hydrogen-bond acceptors (Lipinski definition) is 5. The fourth-order valence-electron chi connectivity index (χ4n) is 4.43. The molecule has 0 aliphatic carbocycles. The van der Waals surface area contributed by atoms with Gasteiger partial charge >= 0.3 is 0 Å². The summed E-state index contributed by atoms with van der Waals surface area (Å²) >= 11 is 0. The monoisotopic (exact) mass is 263 g/mol. The molecule has 19 heavy (non-hydrogen) atoms. The molecule has 3 unspecified atom stereocenters. The van der Waals surface area contributed by atoms with E-state index in [2.05, 4.69) is 15.1 Å². The molecule has 5 heteroatoms. The number of likely N-dealkylation sites (N-methyl/N-ethyl adjacent to an activating group) is 1. The summed E-state index contributed by atoms with van der Waals surface area (Å²) in [7, 11) is 1.97. The van der Waals surface area contributed by atoms with Gasteiger partial charge in [0.15, 0.2) is 0 Å². The molecule has 104 valence electrons. The lowest BCUT2D eigenvalue weighted by Gasteiger charge is -2.58. The normalized spacial score (nSPS) is 48.4. The van der Waals surface area contributed by atoms with E-state index in [1.807, 2.05) is 19.2 Å². The second kappa shape index (κ2) is 3.82. The highest BCUT2D eigenvalue weighted by Gasteiger charge is 2.62. The average molecular weight is 263 g/mol. The van der Waals surface area contributed by atoms with Crippen molar-refractivity contribution < 1.29 is 9.52 Å². The molecule has 4 saturated heterocycles. The first-order valence-electron chi connectivity index (χ1n) is 7.04. The smallest absolute Gasteiger partial charge is 0.115 e. The van der Waals surface area contributed by atoms with Crippen LogP contribution in [0.15, 0.2) is 22.8 Å². The Bertz CT molecular complexity index is 457. The van der Waals surface area contributed by atoms with Gasteiger partial charge < -0.3 is 14.8 Å². The molecule has 4 aliphatic rings. The van der Waals surface area contributed by atoms with E-state index in [0.717, 1.165) is 45.0 Å². The predicted octanol–water partition coefficient (Wildman–Crippen LogP) is -0.519. The van der Waals surface area contributed by atoms with Gasteiger partial charge in [-0.25, -0.2) is 0 Å². The van der Waals surface area contributed by atoms with Gasteiger partial charge in [-0.15, -0.1) is 0 Å². The van der Waals surface area contributed by atoms with Crippen molar-refractivity contribution in [3.63, 3.8) is 0 Å². The van der Waals surface area contributed by atoms with Gasteiger partial charge in [0.25, 0.3) is 0 Å². The van der Waals surface area contributed by atoms with Crippen LogP contribution in [0.25, 0.3) is 0 Å². The summed E-state index contributed by atoms with van der Waals surface area (Å²) < 4.78 is 5.69. The van der Waals surface area contributed by atoms with Gasteiger partial charge in [0.1, 0.15) is 5.76 Å². The Kier molecular flexibility index (Phi) is 2.39. The summed E-state index contributed by atoms with van der Waals surface area (Å²) in [5.41, 5.74) is -0.528. The molecule has 4 fully saturated rings. The maximum absolute atomic E-state index is 11.0. The zero-order valence-corrected chi connectivity index (χ0v) is 11.3. The summed E-state index contributed by atoms with van der Waals surface area (Å²) in [6, 6.07) is 3.94. The van der Waals surface area contributed by atoms with Crippen LogP contribution in [0.5, 0.6) is 0 Å². The Morgan fingerprint density at radius 1 is 1.26 bits per heavy atom. The number of aliphatic hydroxyl groups is 1. The topological polar surface area (TPSA) is 51.9 Å². The van der Waals surface area contributed by atoms with Crippen molar-refractivity contribution in [1.29, 1.82) is 0 Å². The number of rotatable bonds is 2. The highest BCUT2D eigenvalue weighted by molar-refractivity contribution is 5.29. The Hall–Kier alpha value is -0.880. The summed E-state index contributed by atoms with van der Waals surface area (Å²) in [6.07, 6.45) is 1.31. The van der Waals surface area contributed by atoms with E-state index in [1.54, 1.807) is 6.26 Å². The van der Waals surface area contributed by atoms with Gasteiger partial charge in [-0.05, 0) is 19.2 Å². The first kappa shape index (κ1) is 11.9. The van der Waals surface area contributed by atoms with E-state index in [-0.39, 0.29) is 11.0 Å². The van der Waals surface area contributed by atoms with Crippen LogP contribution in [0.4, 0.5) is 0 Å². The Morgan fingerprint density at radius 2 is 1.95 bits per heavy atom. The molecule has 3 atom stereocenters. The number of fused-ring (bicyclic) bond motifs is 1. The highest BCUT2D eigenvalue weighted by atomic mass is 16.3. The molecule has 0 aromatic carbocycles. The Balaban J connectivity index is 1.87. The number of piperidine rings is 2. The van der Waals surface area contributed by atoms with Crippen molar-refractivity contribution in [2.45, 2.75) is 17.1 Å². The SMILES string of the molecule is CNC12CN3CCN(C1)CC(c1ccco1)(C3)C2O. The van der Waals surface area contributed by atoms with E-state index >= 15 is 0 Å². The van der Waals surface area contributed by atoms with Gasteiger partial charge in [0, 0.05) is 39.3 Å². The largest absolute Gasteiger partial charge is 0.469 e. The van der Waals surface area contributed by atoms with Crippen molar-refractivity contribution in [2.75, 3.05) is 46.3 Å². The fraction of sp³-hybridized carbons (Fsp3) is 0.714. The molecule has 5 rings (SSSR count). The van der Waals surface area contributed by atoms with Gasteiger partial charge in [-0.1, -0.05) is 0 Å². The van der Waals surface area contributed by atoms with Crippen LogP contribution in [0.1, 0.15) is 5.76 Å². The number of hydrogen-bond donors (Lipinski definition) is 2. The summed E-state index contributed by atoms with van der Waals surface area (Å²) in [4.78, 5) is 4.94. The van der Waals surface area contributed by atoms with E-state index in [9.17, 15) is 5.11 Å². The molecule has 5 nitrogen and oxygen atoms in total. The van der Waals surface area contributed by atoms with Crippen LogP contribution >= 0.6 is 0 Å². The van der Waals surface area contributed by atoms with Gasteiger partial charge in [0.2, 0.25) is 0 Å². The zero-order valence-electron chi connectivity index (χ0n) is 11.3. The quantitative estimate of drug-likeness (QED) is 0.752. The number of furan rings is 1.